The molecule has 70 valence electrons. The summed E-state index contributed by atoms with van der Waals surface area (Å²) >= 11 is 1.13. The molecule has 0 aromatic carbocycles. The van der Waals surface area contributed by atoms with Crippen molar-refractivity contribution in [2.24, 2.45) is 0 Å². The number of thiophene rings is 1. The summed E-state index contributed by atoms with van der Waals surface area (Å²) in [6.07, 6.45) is 1.67. The minimum Gasteiger partial charge on any atom is -0.258 e. The van der Waals surface area contributed by atoms with Crippen molar-refractivity contribution in [2.45, 2.75) is 0 Å². The van der Waals surface area contributed by atoms with E-state index in [-0.39, 0.29) is 5.00 Å². The zero-order chi connectivity index (χ0) is 9.97. The summed E-state index contributed by atoms with van der Waals surface area (Å²) in [4.78, 5) is 15.0. The molecule has 0 amide bonds. The molecule has 0 atom stereocenters. The van der Waals surface area contributed by atoms with E-state index in [0.717, 1.165) is 21.9 Å². The van der Waals surface area contributed by atoms with E-state index in [0.29, 0.717) is 0 Å². The fourth-order valence-electron chi connectivity index (χ4n) is 1.07. The summed E-state index contributed by atoms with van der Waals surface area (Å²) in [5, 5.41) is 10.6. The molecule has 0 unspecified atom stereocenters. The zero-order valence-corrected chi connectivity index (χ0v) is 7.90. The van der Waals surface area contributed by atoms with Gasteiger partial charge in [-0.1, -0.05) is 17.4 Å². The van der Waals surface area contributed by atoms with Crippen LogP contribution in [0.3, 0.4) is 0 Å². The van der Waals surface area contributed by atoms with Gasteiger partial charge in [-0.2, -0.15) is 0 Å². The third-order valence-electron chi connectivity index (χ3n) is 1.69. The third-order valence-corrected chi connectivity index (χ3v) is 2.75. The van der Waals surface area contributed by atoms with Gasteiger partial charge >= 0.3 is 5.00 Å². The van der Waals surface area contributed by atoms with Gasteiger partial charge in [-0.3, -0.25) is 15.1 Å². The van der Waals surface area contributed by atoms with Gasteiger partial charge in [-0.25, -0.2) is 0 Å². The average molecular weight is 206 g/mol. The van der Waals surface area contributed by atoms with Crippen LogP contribution in [-0.2, 0) is 0 Å². The second-order valence-corrected chi connectivity index (χ2v) is 3.67. The number of hydrogen-bond donors (Lipinski definition) is 0. The highest BCUT2D eigenvalue weighted by Gasteiger charge is 2.10. The van der Waals surface area contributed by atoms with Crippen molar-refractivity contribution in [3.63, 3.8) is 0 Å². The van der Waals surface area contributed by atoms with E-state index < -0.39 is 4.92 Å². The molecular weight excluding hydrogens is 200 g/mol. The maximum absolute atomic E-state index is 10.4. The summed E-state index contributed by atoms with van der Waals surface area (Å²) in [5.74, 6) is 0. The highest BCUT2D eigenvalue weighted by molar-refractivity contribution is 7.18. The Labute approximate surface area is 84.0 Å². The molecule has 0 aliphatic carbocycles. The number of rotatable bonds is 2. The van der Waals surface area contributed by atoms with Crippen LogP contribution in [-0.4, -0.2) is 9.91 Å². The Hall–Kier alpha value is -1.75. The predicted molar refractivity (Wildman–Crippen MR) is 54.2 cm³/mol. The molecule has 0 bridgehead atoms. The molecule has 5 heteroatoms. The third kappa shape index (κ3) is 1.62. The van der Waals surface area contributed by atoms with Crippen molar-refractivity contribution < 1.29 is 4.92 Å². The fourth-order valence-corrected chi connectivity index (χ4v) is 1.87. The van der Waals surface area contributed by atoms with Crippen molar-refractivity contribution >= 4 is 16.3 Å². The van der Waals surface area contributed by atoms with E-state index in [2.05, 4.69) is 4.98 Å². The van der Waals surface area contributed by atoms with E-state index >= 15 is 0 Å². The molecule has 2 aromatic heterocycles. The van der Waals surface area contributed by atoms with Crippen LogP contribution in [0, 0.1) is 10.1 Å². The van der Waals surface area contributed by atoms with Crippen LogP contribution in [0.1, 0.15) is 0 Å². The largest absolute Gasteiger partial charge is 0.324 e. The standard InChI is InChI=1S/C9H6N2O2S/c12-11(13)9-5-4-8(14-9)7-3-1-2-6-10-7/h1-6H. The second kappa shape index (κ2) is 3.55. The van der Waals surface area contributed by atoms with Crippen molar-refractivity contribution in [3.8, 4) is 10.6 Å². The van der Waals surface area contributed by atoms with Gasteiger partial charge in [0.25, 0.3) is 0 Å². The van der Waals surface area contributed by atoms with Gasteiger partial charge in [0.1, 0.15) is 0 Å². The quantitative estimate of drug-likeness (QED) is 0.560. The molecule has 0 saturated heterocycles. The molecule has 0 saturated carbocycles. The van der Waals surface area contributed by atoms with Gasteiger partial charge in [0, 0.05) is 12.3 Å². The van der Waals surface area contributed by atoms with E-state index in [4.69, 9.17) is 0 Å². The highest BCUT2D eigenvalue weighted by atomic mass is 32.1. The van der Waals surface area contributed by atoms with Gasteiger partial charge in [0.15, 0.2) is 0 Å². The monoisotopic (exact) mass is 206 g/mol. The SMILES string of the molecule is O=[N+]([O-])c1ccc(-c2ccccn2)s1. The first-order chi connectivity index (χ1) is 6.77. The van der Waals surface area contributed by atoms with E-state index in [1.807, 2.05) is 18.2 Å². The number of hydrogen-bond acceptors (Lipinski definition) is 4. The Kier molecular flexibility index (Phi) is 2.24. The van der Waals surface area contributed by atoms with Gasteiger partial charge < -0.3 is 0 Å². The van der Waals surface area contributed by atoms with Crippen LogP contribution in [0.2, 0.25) is 0 Å². The predicted octanol–water partition coefficient (Wildman–Crippen LogP) is 2.72. The van der Waals surface area contributed by atoms with Crippen LogP contribution in [0.25, 0.3) is 10.6 Å². The van der Waals surface area contributed by atoms with Gasteiger partial charge in [-0.05, 0) is 18.2 Å². The lowest BCUT2D eigenvalue weighted by molar-refractivity contribution is -0.380. The Balaban J connectivity index is 2.39. The average Bonchev–Trinajstić information content (AvgIpc) is 2.68. The molecular formula is C9H6N2O2S. The van der Waals surface area contributed by atoms with Gasteiger partial charge in [0.05, 0.1) is 15.5 Å². The Morgan fingerprint density at radius 2 is 2.14 bits per heavy atom. The molecule has 0 spiro atoms. The number of nitro groups is 1. The van der Waals surface area contributed by atoms with E-state index in [1.54, 1.807) is 12.3 Å². The summed E-state index contributed by atoms with van der Waals surface area (Å²) in [7, 11) is 0. The van der Waals surface area contributed by atoms with Crippen LogP contribution in [0.4, 0.5) is 5.00 Å². The van der Waals surface area contributed by atoms with E-state index in [1.165, 1.54) is 6.07 Å². The zero-order valence-electron chi connectivity index (χ0n) is 7.08. The summed E-state index contributed by atoms with van der Waals surface area (Å²) in [5.41, 5.74) is 0.769. The fraction of sp³-hybridized carbons (Fsp3) is 0. The summed E-state index contributed by atoms with van der Waals surface area (Å²) < 4.78 is 0. The number of nitrogens with zero attached hydrogens (tertiary/aromatic N) is 2. The van der Waals surface area contributed by atoms with Crippen LogP contribution < -0.4 is 0 Å². The first-order valence-electron chi connectivity index (χ1n) is 3.93. The molecule has 0 N–H and O–H groups in total. The normalized spacial score (nSPS) is 10.0. The van der Waals surface area contributed by atoms with Gasteiger partial charge in [0.2, 0.25) is 0 Å². The highest BCUT2D eigenvalue weighted by Crippen LogP contribution is 2.30. The molecule has 0 aliphatic heterocycles. The lowest BCUT2D eigenvalue weighted by atomic mass is 10.3. The number of pyridine rings is 1. The minimum absolute atomic E-state index is 0.144. The Morgan fingerprint density at radius 3 is 2.71 bits per heavy atom. The van der Waals surface area contributed by atoms with Crippen LogP contribution >= 0.6 is 11.3 Å². The number of aromatic nitrogens is 1. The van der Waals surface area contributed by atoms with Gasteiger partial charge in [-0.15, -0.1) is 0 Å². The topological polar surface area (TPSA) is 56.0 Å². The maximum atomic E-state index is 10.4. The summed E-state index contributed by atoms with van der Waals surface area (Å²) in [6.45, 7) is 0. The molecule has 0 aliphatic rings. The van der Waals surface area contributed by atoms with Crippen molar-refractivity contribution in [2.75, 3.05) is 0 Å². The molecule has 2 aromatic rings. The Bertz CT molecular complexity index is 453. The molecule has 2 rings (SSSR count). The molecule has 4 nitrogen and oxygen atoms in total. The minimum atomic E-state index is -0.392. The lowest BCUT2D eigenvalue weighted by Gasteiger charge is -1.92. The maximum Gasteiger partial charge on any atom is 0.324 e. The van der Waals surface area contributed by atoms with Crippen molar-refractivity contribution in [1.29, 1.82) is 0 Å². The second-order valence-electron chi connectivity index (χ2n) is 2.61. The van der Waals surface area contributed by atoms with Crippen LogP contribution in [0.5, 0.6) is 0 Å². The Morgan fingerprint density at radius 1 is 1.29 bits per heavy atom. The van der Waals surface area contributed by atoms with Crippen molar-refractivity contribution in [3.05, 3.63) is 46.6 Å². The first-order valence-corrected chi connectivity index (χ1v) is 4.74. The van der Waals surface area contributed by atoms with Crippen molar-refractivity contribution in [1.82, 2.24) is 4.98 Å². The van der Waals surface area contributed by atoms with Crippen LogP contribution in [0.15, 0.2) is 36.5 Å². The molecule has 2 heterocycles. The molecule has 14 heavy (non-hydrogen) atoms. The smallest absolute Gasteiger partial charge is 0.258 e. The summed E-state index contributed by atoms with van der Waals surface area (Å²) in [6, 6.07) is 8.70. The van der Waals surface area contributed by atoms with E-state index in [9.17, 15) is 10.1 Å². The molecule has 0 radical (unpaired) electrons. The lowest BCUT2D eigenvalue weighted by Crippen LogP contribution is -1.80. The first kappa shape index (κ1) is 8.83. The molecule has 0 fully saturated rings.